The lowest BCUT2D eigenvalue weighted by atomic mass is 10.4. The summed E-state index contributed by atoms with van der Waals surface area (Å²) < 4.78 is 13.9. The first-order valence-electron chi connectivity index (χ1n) is 5.63. The van der Waals surface area contributed by atoms with Gasteiger partial charge in [-0.2, -0.15) is 5.10 Å². The van der Waals surface area contributed by atoms with Crippen molar-refractivity contribution in [3.63, 3.8) is 0 Å². The molecule has 92 valence electrons. The molecule has 0 aliphatic carbocycles. The Labute approximate surface area is 101 Å². The Hall–Kier alpha value is -0.550. The van der Waals surface area contributed by atoms with Gasteiger partial charge in [0.15, 0.2) is 0 Å². The minimum Gasteiger partial charge on any atom is -0.329 e. The summed E-state index contributed by atoms with van der Waals surface area (Å²) in [5.74, 6) is 0.958. The molecule has 0 bridgehead atoms. The van der Waals surface area contributed by atoms with Crippen molar-refractivity contribution in [3.8, 4) is 0 Å². The van der Waals surface area contributed by atoms with E-state index in [1.165, 1.54) is 10.6 Å². The number of unbranched alkanes of at least 4 members (excludes halogenated alkanes) is 1. The van der Waals surface area contributed by atoms with E-state index in [0.29, 0.717) is 13.0 Å². The smallest absolute Gasteiger partial charge is 0.0894 e. The fourth-order valence-corrected chi connectivity index (χ4v) is 2.72. The normalized spacial score (nSPS) is 11.0. The third-order valence-electron chi connectivity index (χ3n) is 2.43. The Morgan fingerprint density at radius 3 is 2.75 bits per heavy atom. The highest BCUT2D eigenvalue weighted by molar-refractivity contribution is 7.99. The summed E-state index contributed by atoms with van der Waals surface area (Å²) in [6.45, 7) is 5.22. The maximum absolute atomic E-state index is 11.9. The number of aromatic nitrogens is 2. The van der Waals surface area contributed by atoms with Gasteiger partial charge in [0.2, 0.25) is 0 Å². The van der Waals surface area contributed by atoms with Crippen LogP contribution in [0.1, 0.15) is 24.2 Å². The lowest BCUT2D eigenvalue weighted by molar-refractivity contribution is 0.470. The first kappa shape index (κ1) is 13.5. The molecule has 5 heteroatoms. The van der Waals surface area contributed by atoms with Crippen LogP contribution in [0.25, 0.3) is 0 Å². The van der Waals surface area contributed by atoms with Crippen molar-refractivity contribution in [1.29, 1.82) is 0 Å². The second kappa shape index (κ2) is 6.91. The monoisotopic (exact) mass is 245 g/mol. The van der Waals surface area contributed by atoms with Crippen molar-refractivity contribution in [3.05, 3.63) is 11.4 Å². The van der Waals surface area contributed by atoms with Crippen molar-refractivity contribution in [2.24, 2.45) is 5.73 Å². The number of aryl methyl sites for hydroxylation is 1. The summed E-state index contributed by atoms with van der Waals surface area (Å²) in [6.07, 6.45) is 1.57. The molecule has 0 saturated carbocycles. The van der Waals surface area contributed by atoms with Gasteiger partial charge < -0.3 is 5.73 Å². The zero-order chi connectivity index (χ0) is 12.0. The number of thioether (sulfide) groups is 1. The van der Waals surface area contributed by atoms with E-state index in [9.17, 15) is 4.39 Å². The Morgan fingerprint density at radius 1 is 1.38 bits per heavy atom. The van der Waals surface area contributed by atoms with Gasteiger partial charge in [-0.05, 0) is 32.4 Å². The van der Waals surface area contributed by atoms with Crippen LogP contribution in [0.15, 0.2) is 4.90 Å². The van der Waals surface area contributed by atoms with Crippen LogP contribution in [0.2, 0.25) is 0 Å². The summed E-state index contributed by atoms with van der Waals surface area (Å²) >= 11 is 1.77. The average Bonchev–Trinajstić information content (AvgIpc) is 2.52. The third-order valence-corrected chi connectivity index (χ3v) is 3.80. The lowest BCUT2D eigenvalue weighted by Gasteiger charge is -2.03. The van der Waals surface area contributed by atoms with Crippen LogP contribution >= 0.6 is 11.8 Å². The second-order valence-corrected chi connectivity index (χ2v) is 4.86. The van der Waals surface area contributed by atoms with Gasteiger partial charge in [0.1, 0.15) is 0 Å². The van der Waals surface area contributed by atoms with Crippen LogP contribution in [-0.2, 0) is 6.54 Å². The molecule has 1 rings (SSSR count). The van der Waals surface area contributed by atoms with Gasteiger partial charge in [0, 0.05) is 12.2 Å². The number of nitrogens with zero attached hydrogens (tertiary/aromatic N) is 2. The van der Waals surface area contributed by atoms with E-state index in [4.69, 9.17) is 5.73 Å². The summed E-state index contributed by atoms with van der Waals surface area (Å²) in [5, 5.41) is 4.44. The summed E-state index contributed by atoms with van der Waals surface area (Å²) in [6, 6.07) is 0. The van der Waals surface area contributed by atoms with Crippen molar-refractivity contribution in [2.75, 3.05) is 19.0 Å². The Kier molecular flexibility index (Phi) is 5.84. The molecule has 1 heterocycles. The molecule has 0 radical (unpaired) electrons. The van der Waals surface area contributed by atoms with Crippen LogP contribution in [0, 0.1) is 13.8 Å². The standard InChI is InChI=1S/C11H20FN3S/c1-9-11(16-8-4-3-5-12)10(2)15(14-9)7-6-13/h3-8,13H2,1-2H3. The molecule has 16 heavy (non-hydrogen) atoms. The molecule has 2 N–H and O–H groups in total. The van der Waals surface area contributed by atoms with E-state index in [0.717, 1.165) is 24.4 Å². The van der Waals surface area contributed by atoms with Gasteiger partial charge in [-0.15, -0.1) is 11.8 Å². The quantitative estimate of drug-likeness (QED) is 0.592. The molecule has 0 amide bonds. The third kappa shape index (κ3) is 3.49. The van der Waals surface area contributed by atoms with E-state index >= 15 is 0 Å². The van der Waals surface area contributed by atoms with Gasteiger partial charge in [-0.1, -0.05) is 0 Å². The molecular weight excluding hydrogens is 225 g/mol. The van der Waals surface area contributed by atoms with Crippen LogP contribution < -0.4 is 5.73 Å². The van der Waals surface area contributed by atoms with E-state index in [-0.39, 0.29) is 6.67 Å². The minimum atomic E-state index is -0.217. The van der Waals surface area contributed by atoms with Gasteiger partial charge in [-0.3, -0.25) is 9.07 Å². The topological polar surface area (TPSA) is 43.8 Å². The van der Waals surface area contributed by atoms with Gasteiger partial charge in [-0.25, -0.2) is 0 Å². The Balaban J connectivity index is 2.57. The molecule has 0 aliphatic rings. The zero-order valence-electron chi connectivity index (χ0n) is 10.0. The molecule has 0 fully saturated rings. The van der Waals surface area contributed by atoms with Gasteiger partial charge in [0.25, 0.3) is 0 Å². The number of nitrogens with two attached hydrogens (primary N) is 1. The fraction of sp³-hybridized carbons (Fsp3) is 0.727. The SMILES string of the molecule is Cc1nn(CCN)c(C)c1SCCCCF. The molecule has 0 saturated heterocycles. The summed E-state index contributed by atoms with van der Waals surface area (Å²) in [4.78, 5) is 1.23. The van der Waals surface area contributed by atoms with E-state index in [1.807, 2.05) is 11.6 Å². The Morgan fingerprint density at radius 2 is 2.12 bits per heavy atom. The molecule has 0 aliphatic heterocycles. The zero-order valence-corrected chi connectivity index (χ0v) is 10.8. The molecule has 3 nitrogen and oxygen atoms in total. The molecule has 0 aromatic carbocycles. The molecule has 1 aromatic rings. The first-order chi connectivity index (χ1) is 7.70. The van der Waals surface area contributed by atoms with Crippen LogP contribution in [0.5, 0.6) is 0 Å². The number of hydrogen-bond donors (Lipinski definition) is 1. The van der Waals surface area contributed by atoms with E-state index in [2.05, 4.69) is 12.0 Å². The predicted molar refractivity (Wildman–Crippen MR) is 66.7 cm³/mol. The fourth-order valence-electron chi connectivity index (χ4n) is 1.60. The van der Waals surface area contributed by atoms with Gasteiger partial charge >= 0.3 is 0 Å². The highest BCUT2D eigenvalue weighted by Crippen LogP contribution is 2.26. The number of halogens is 1. The second-order valence-electron chi connectivity index (χ2n) is 3.76. The number of hydrogen-bond acceptors (Lipinski definition) is 3. The molecular formula is C11H20FN3S. The van der Waals surface area contributed by atoms with Crippen LogP contribution in [0.3, 0.4) is 0 Å². The molecule has 1 aromatic heterocycles. The van der Waals surface area contributed by atoms with Crippen molar-refractivity contribution in [2.45, 2.75) is 38.1 Å². The summed E-state index contributed by atoms with van der Waals surface area (Å²) in [5.41, 5.74) is 7.75. The van der Waals surface area contributed by atoms with Crippen molar-refractivity contribution in [1.82, 2.24) is 9.78 Å². The van der Waals surface area contributed by atoms with Crippen LogP contribution in [-0.4, -0.2) is 28.8 Å². The van der Waals surface area contributed by atoms with E-state index < -0.39 is 0 Å². The minimum absolute atomic E-state index is 0.217. The Bertz CT molecular complexity index is 325. The van der Waals surface area contributed by atoms with Crippen molar-refractivity contribution < 1.29 is 4.39 Å². The average molecular weight is 245 g/mol. The highest BCUT2D eigenvalue weighted by Gasteiger charge is 2.10. The summed E-state index contributed by atoms with van der Waals surface area (Å²) in [7, 11) is 0. The maximum atomic E-state index is 11.9. The lowest BCUT2D eigenvalue weighted by Crippen LogP contribution is -2.12. The predicted octanol–water partition coefficient (Wildman–Crippen LogP) is 2.30. The molecule has 0 atom stereocenters. The van der Waals surface area contributed by atoms with Crippen LogP contribution in [0.4, 0.5) is 4.39 Å². The highest BCUT2D eigenvalue weighted by atomic mass is 32.2. The molecule has 0 unspecified atom stereocenters. The number of rotatable bonds is 7. The maximum Gasteiger partial charge on any atom is 0.0894 e. The van der Waals surface area contributed by atoms with Gasteiger partial charge in [0.05, 0.1) is 23.8 Å². The number of alkyl halides is 1. The van der Waals surface area contributed by atoms with E-state index in [1.54, 1.807) is 11.8 Å². The largest absolute Gasteiger partial charge is 0.329 e. The van der Waals surface area contributed by atoms with Crippen molar-refractivity contribution >= 4 is 11.8 Å². The molecule has 0 spiro atoms. The first-order valence-corrected chi connectivity index (χ1v) is 6.62.